The van der Waals surface area contributed by atoms with Crippen molar-refractivity contribution >= 4 is 7.60 Å². The number of nitrogens with zero attached hydrogens (tertiary/aromatic N) is 1. The number of hydrogen-bond acceptors (Lipinski definition) is 3. The maximum absolute atomic E-state index is 11.4. The van der Waals surface area contributed by atoms with Crippen molar-refractivity contribution in [3.8, 4) is 0 Å². The van der Waals surface area contributed by atoms with Gasteiger partial charge in [-0.1, -0.05) is 12.2 Å². The maximum Gasteiger partial charge on any atom is 0.362 e. The van der Waals surface area contributed by atoms with Crippen LogP contribution in [0.4, 0.5) is 0 Å². The molecule has 3 N–H and O–H groups in total. The second kappa shape index (κ2) is 6.28. The minimum absolute atomic E-state index is 0.0479. The Balaban J connectivity index is 4.61. The largest absolute Gasteiger partial charge is 0.377 e. The maximum atomic E-state index is 11.4. The molecule has 1 unspecified atom stereocenters. The molecule has 0 heterocycles. The molecule has 0 aliphatic heterocycles. The SMILES string of the molecule is C=C(C)COCCC(O)(C[N+](C)(C)C)P(=O)(O)O. The molecule has 7 heteroatoms. The topological polar surface area (TPSA) is 87.0 Å². The molecular formula is C11H25NO5P+. The molecule has 6 nitrogen and oxygen atoms in total. The average Bonchev–Trinajstić information content (AvgIpc) is 2.07. The fraction of sp³-hybridized carbons (Fsp3) is 0.818. The summed E-state index contributed by atoms with van der Waals surface area (Å²) < 4.78 is 16.9. The highest BCUT2D eigenvalue weighted by Crippen LogP contribution is 2.51. The van der Waals surface area contributed by atoms with Crippen molar-refractivity contribution in [1.82, 2.24) is 0 Å². The third-order valence-electron chi connectivity index (χ3n) is 2.27. The molecule has 108 valence electrons. The van der Waals surface area contributed by atoms with Gasteiger partial charge >= 0.3 is 7.60 Å². The number of likely N-dealkylation sites (N-methyl/N-ethyl adjacent to an activating group) is 1. The first-order valence-electron chi connectivity index (χ1n) is 5.68. The predicted octanol–water partition coefficient (Wildman–Crippen LogP) is 0.542. The van der Waals surface area contributed by atoms with Crippen molar-refractivity contribution in [3.05, 3.63) is 12.2 Å². The summed E-state index contributed by atoms with van der Waals surface area (Å²) in [5, 5.41) is 8.11. The van der Waals surface area contributed by atoms with Crippen molar-refractivity contribution in [3.63, 3.8) is 0 Å². The molecule has 0 spiro atoms. The van der Waals surface area contributed by atoms with Crippen LogP contribution in [0.2, 0.25) is 0 Å². The lowest BCUT2D eigenvalue weighted by Gasteiger charge is -2.35. The quantitative estimate of drug-likeness (QED) is 0.262. The van der Waals surface area contributed by atoms with E-state index in [1.165, 1.54) is 0 Å². The first-order valence-corrected chi connectivity index (χ1v) is 7.29. The van der Waals surface area contributed by atoms with Gasteiger partial charge in [-0.05, 0) is 6.92 Å². The molecule has 0 saturated carbocycles. The summed E-state index contributed by atoms with van der Waals surface area (Å²) in [5.74, 6) is 0. The molecule has 0 radical (unpaired) electrons. The van der Waals surface area contributed by atoms with E-state index >= 15 is 0 Å². The standard InChI is InChI=1S/C11H24NO5P/c1-10(2)8-17-7-6-11(13,18(14,15)16)9-12(3,4)5/h13H,1,6-9H2,2-5H3,(H-,14,15,16)/p+1. The second-order valence-corrected chi connectivity index (χ2v) is 7.66. The van der Waals surface area contributed by atoms with Crippen LogP contribution in [-0.4, -0.2) is 65.6 Å². The van der Waals surface area contributed by atoms with Crippen molar-refractivity contribution < 1.29 is 28.7 Å². The van der Waals surface area contributed by atoms with Gasteiger partial charge in [0.15, 0.2) is 0 Å². The van der Waals surface area contributed by atoms with Crippen LogP contribution in [-0.2, 0) is 9.30 Å². The minimum Gasteiger partial charge on any atom is -0.377 e. The van der Waals surface area contributed by atoms with E-state index in [1.807, 2.05) is 0 Å². The predicted molar refractivity (Wildman–Crippen MR) is 70.1 cm³/mol. The highest BCUT2D eigenvalue weighted by molar-refractivity contribution is 7.53. The van der Waals surface area contributed by atoms with Gasteiger partial charge in [-0.3, -0.25) is 4.57 Å². The molecule has 0 aromatic heterocycles. The zero-order valence-corrected chi connectivity index (χ0v) is 12.5. The van der Waals surface area contributed by atoms with Crippen LogP contribution in [0.5, 0.6) is 0 Å². The Kier molecular flexibility index (Phi) is 6.20. The van der Waals surface area contributed by atoms with E-state index in [1.54, 1.807) is 28.1 Å². The zero-order valence-electron chi connectivity index (χ0n) is 11.6. The highest BCUT2D eigenvalue weighted by Gasteiger charge is 2.49. The van der Waals surface area contributed by atoms with Gasteiger partial charge in [0, 0.05) is 6.42 Å². The second-order valence-electron chi connectivity index (χ2n) is 5.73. The average molecular weight is 282 g/mol. The Morgan fingerprint density at radius 2 is 1.89 bits per heavy atom. The van der Waals surface area contributed by atoms with Crippen LogP contribution in [0.25, 0.3) is 0 Å². The van der Waals surface area contributed by atoms with E-state index in [2.05, 4.69) is 6.58 Å². The van der Waals surface area contributed by atoms with E-state index in [0.717, 1.165) is 5.57 Å². The number of aliphatic hydroxyl groups is 1. The minimum atomic E-state index is -4.61. The lowest BCUT2D eigenvalue weighted by Crippen LogP contribution is -2.49. The summed E-state index contributed by atoms with van der Waals surface area (Å²) >= 11 is 0. The van der Waals surface area contributed by atoms with Crippen LogP contribution in [0.15, 0.2) is 12.2 Å². The van der Waals surface area contributed by atoms with E-state index in [0.29, 0.717) is 6.61 Å². The summed E-state index contributed by atoms with van der Waals surface area (Å²) in [7, 11) is 0.667. The van der Waals surface area contributed by atoms with Crippen LogP contribution in [0.3, 0.4) is 0 Å². The Morgan fingerprint density at radius 3 is 2.22 bits per heavy atom. The number of hydrogen-bond donors (Lipinski definition) is 3. The van der Waals surface area contributed by atoms with Crippen molar-refractivity contribution in [1.29, 1.82) is 0 Å². The van der Waals surface area contributed by atoms with Crippen LogP contribution in [0.1, 0.15) is 13.3 Å². The van der Waals surface area contributed by atoms with E-state index < -0.39 is 12.9 Å². The van der Waals surface area contributed by atoms with Gasteiger partial charge in [0.2, 0.25) is 5.34 Å². The lowest BCUT2D eigenvalue weighted by atomic mass is 10.2. The lowest BCUT2D eigenvalue weighted by molar-refractivity contribution is -0.875. The molecule has 0 aliphatic carbocycles. The van der Waals surface area contributed by atoms with Crippen molar-refractivity contribution in [2.24, 2.45) is 0 Å². The normalized spacial score (nSPS) is 16.4. The van der Waals surface area contributed by atoms with Gasteiger partial charge in [-0.2, -0.15) is 0 Å². The Hall–Kier alpha value is -0.230. The van der Waals surface area contributed by atoms with Gasteiger partial charge in [0.25, 0.3) is 0 Å². The fourth-order valence-corrected chi connectivity index (χ4v) is 2.55. The fourth-order valence-electron chi connectivity index (χ4n) is 1.56. The third kappa shape index (κ3) is 6.64. The summed E-state index contributed by atoms with van der Waals surface area (Å²) in [5.41, 5.74) is 0.821. The summed E-state index contributed by atoms with van der Waals surface area (Å²) in [6.45, 7) is 5.80. The van der Waals surface area contributed by atoms with Crippen molar-refractivity contribution in [2.45, 2.75) is 18.7 Å². The summed E-state index contributed by atoms with van der Waals surface area (Å²) in [4.78, 5) is 18.6. The molecule has 0 aromatic carbocycles. The number of rotatable bonds is 8. The van der Waals surface area contributed by atoms with Crippen LogP contribution >= 0.6 is 7.60 Å². The van der Waals surface area contributed by atoms with Gasteiger partial charge in [-0.25, -0.2) is 0 Å². The van der Waals surface area contributed by atoms with Gasteiger partial charge < -0.3 is 24.1 Å². The third-order valence-corrected chi connectivity index (χ3v) is 3.71. The van der Waals surface area contributed by atoms with E-state index in [-0.39, 0.29) is 24.1 Å². The monoisotopic (exact) mass is 282 g/mol. The van der Waals surface area contributed by atoms with Crippen molar-refractivity contribution in [2.75, 3.05) is 40.9 Å². The Bertz CT molecular complexity index is 333. The summed E-state index contributed by atoms with van der Waals surface area (Å²) in [6, 6.07) is 0. The molecule has 0 fully saturated rings. The Morgan fingerprint density at radius 1 is 1.39 bits per heavy atom. The smallest absolute Gasteiger partial charge is 0.362 e. The molecule has 0 aromatic rings. The Labute approximate surface area is 109 Å². The molecule has 0 bridgehead atoms. The first-order chi connectivity index (χ1) is 7.87. The number of ether oxygens (including phenoxy) is 1. The zero-order chi connectivity index (χ0) is 14.6. The molecule has 1 atom stereocenters. The number of quaternary nitrogens is 1. The first kappa shape index (κ1) is 17.8. The molecule has 0 rings (SSSR count). The molecular weight excluding hydrogens is 257 g/mol. The molecule has 0 aliphatic rings. The van der Waals surface area contributed by atoms with Gasteiger partial charge in [0.05, 0.1) is 34.4 Å². The highest BCUT2D eigenvalue weighted by atomic mass is 31.2. The summed E-state index contributed by atoms with van der Waals surface area (Å²) in [6.07, 6.45) is -0.111. The molecule has 18 heavy (non-hydrogen) atoms. The van der Waals surface area contributed by atoms with Gasteiger partial charge in [0.1, 0.15) is 6.54 Å². The van der Waals surface area contributed by atoms with Gasteiger partial charge in [-0.15, -0.1) is 0 Å². The van der Waals surface area contributed by atoms with Crippen LogP contribution in [0, 0.1) is 0 Å². The van der Waals surface area contributed by atoms with E-state index in [9.17, 15) is 19.5 Å². The molecule has 0 amide bonds. The van der Waals surface area contributed by atoms with E-state index in [4.69, 9.17) is 4.74 Å². The van der Waals surface area contributed by atoms with Crippen LogP contribution < -0.4 is 0 Å². The molecule has 0 saturated heterocycles.